The minimum atomic E-state index is -4.73. The fraction of sp³-hybridized carbons (Fsp3) is 0.409. The zero-order valence-electron chi connectivity index (χ0n) is 17.1. The van der Waals surface area contributed by atoms with E-state index in [4.69, 9.17) is 14.6 Å². The summed E-state index contributed by atoms with van der Waals surface area (Å²) in [4.78, 5) is 10.7. The number of benzene rings is 2. The Hall–Kier alpha value is -2.90. The van der Waals surface area contributed by atoms with E-state index >= 15 is 0 Å². The number of ether oxygens (including phenoxy) is 3. The van der Waals surface area contributed by atoms with Crippen LogP contribution in [-0.2, 0) is 11.2 Å². The van der Waals surface area contributed by atoms with E-state index in [-0.39, 0.29) is 18.3 Å². The van der Waals surface area contributed by atoms with E-state index in [1.54, 1.807) is 13.0 Å². The number of carbonyl (C=O) groups is 1. The lowest BCUT2D eigenvalue weighted by molar-refractivity contribution is -0.274. The molecule has 1 atom stereocenters. The van der Waals surface area contributed by atoms with Gasteiger partial charge in [0.15, 0.2) is 0 Å². The van der Waals surface area contributed by atoms with Gasteiger partial charge in [-0.1, -0.05) is 6.07 Å². The van der Waals surface area contributed by atoms with Crippen LogP contribution in [0.1, 0.15) is 36.5 Å². The summed E-state index contributed by atoms with van der Waals surface area (Å²) in [5.41, 5.74) is 2.47. The highest BCUT2D eigenvalue weighted by Gasteiger charge is 2.31. The highest BCUT2D eigenvalue weighted by molar-refractivity contribution is 5.67. The maximum atomic E-state index is 12.3. The molecular weight excluding hydrogens is 401 g/mol. The SMILES string of the molecule is Cc1cc(OCCC(C)Oc2ccc(OC(F)(F)F)cc2C)ccc1CCC(=O)O. The summed E-state index contributed by atoms with van der Waals surface area (Å²) in [5, 5.41) is 8.78. The second kappa shape index (κ2) is 10.2. The van der Waals surface area contributed by atoms with Crippen LogP contribution in [-0.4, -0.2) is 30.1 Å². The number of aryl methyl sites for hydroxylation is 3. The summed E-state index contributed by atoms with van der Waals surface area (Å²) < 4.78 is 52.3. The van der Waals surface area contributed by atoms with Crippen LogP contribution in [0.2, 0.25) is 0 Å². The standard InChI is InChI=1S/C22H25F3O5/c1-14-12-18(6-4-17(14)5-9-21(26)27)28-11-10-16(3)29-20-8-7-19(13-15(20)2)30-22(23,24)25/h4,6-8,12-13,16H,5,9-11H2,1-3H3,(H,26,27). The van der Waals surface area contributed by atoms with E-state index in [1.807, 2.05) is 26.0 Å². The summed E-state index contributed by atoms with van der Waals surface area (Å²) in [6.07, 6.45) is -3.82. The number of alkyl halides is 3. The molecule has 2 rings (SSSR count). The van der Waals surface area contributed by atoms with Crippen LogP contribution in [0.15, 0.2) is 36.4 Å². The van der Waals surface area contributed by atoms with Gasteiger partial charge in [-0.3, -0.25) is 4.79 Å². The summed E-state index contributed by atoms with van der Waals surface area (Å²) in [7, 11) is 0. The maximum absolute atomic E-state index is 12.3. The van der Waals surface area contributed by atoms with Crippen LogP contribution in [0, 0.1) is 13.8 Å². The van der Waals surface area contributed by atoms with Gasteiger partial charge in [0.1, 0.15) is 17.2 Å². The third kappa shape index (κ3) is 7.85. The van der Waals surface area contributed by atoms with E-state index in [1.165, 1.54) is 18.2 Å². The molecule has 0 radical (unpaired) electrons. The van der Waals surface area contributed by atoms with E-state index < -0.39 is 12.3 Å². The Kier molecular flexibility index (Phi) is 7.97. The van der Waals surface area contributed by atoms with Crippen LogP contribution >= 0.6 is 0 Å². The lowest BCUT2D eigenvalue weighted by Crippen LogP contribution is -2.18. The van der Waals surface area contributed by atoms with E-state index in [0.717, 1.165) is 11.1 Å². The molecule has 0 aliphatic heterocycles. The molecule has 0 saturated carbocycles. The topological polar surface area (TPSA) is 65.0 Å². The number of halogens is 3. The predicted octanol–water partition coefficient (Wildman–Crippen LogP) is 5.46. The lowest BCUT2D eigenvalue weighted by atomic mass is 10.0. The number of rotatable bonds is 10. The van der Waals surface area contributed by atoms with Crippen molar-refractivity contribution in [1.29, 1.82) is 0 Å². The zero-order chi connectivity index (χ0) is 22.3. The minimum Gasteiger partial charge on any atom is -0.493 e. The molecule has 0 spiro atoms. The normalized spacial score (nSPS) is 12.3. The van der Waals surface area contributed by atoms with Gasteiger partial charge in [-0.25, -0.2) is 0 Å². The van der Waals surface area contributed by atoms with Gasteiger partial charge < -0.3 is 19.3 Å². The van der Waals surface area contributed by atoms with Gasteiger partial charge in [0.2, 0.25) is 0 Å². The summed E-state index contributed by atoms with van der Waals surface area (Å²) in [6.45, 7) is 5.80. The molecule has 5 nitrogen and oxygen atoms in total. The van der Waals surface area contributed by atoms with E-state index in [0.29, 0.717) is 36.5 Å². The predicted molar refractivity (Wildman–Crippen MR) is 105 cm³/mol. The number of carboxylic acid groups (broad SMARTS) is 1. The van der Waals surface area contributed by atoms with Crippen LogP contribution < -0.4 is 14.2 Å². The number of hydrogen-bond donors (Lipinski definition) is 1. The first-order valence-electron chi connectivity index (χ1n) is 9.50. The molecule has 1 unspecified atom stereocenters. The molecule has 0 aromatic heterocycles. The molecule has 2 aromatic carbocycles. The minimum absolute atomic E-state index is 0.0820. The van der Waals surface area contributed by atoms with Crippen molar-refractivity contribution in [1.82, 2.24) is 0 Å². The van der Waals surface area contributed by atoms with Crippen LogP contribution in [0.5, 0.6) is 17.2 Å². The Labute approximate surface area is 173 Å². The van der Waals surface area contributed by atoms with Crippen LogP contribution in [0.25, 0.3) is 0 Å². The first-order valence-corrected chi connectivity index (χ1v) is 9.50. The quantitative estimate of drug-likeness (QED) is 0.547. The van der Waals surface area contributed by atoms with Gasteiger partial charge in [0.05, 0.1) is 12.7 Å². The molecule has 8 heteroatoms. The zero-order valence-corrected chi connectivity index (χ0v) is 17.1. The average Bonchev–Trinajstić information content (AvgIpc) is 2.62. The molecule has 0 saturated heterocycles. The number of carboxylic acids is 1. The molecule has 0 fully saturated rings. The lowest BCUT2D eigenvalue weighted by Gasteiger charge is -2.18. The molecule has 0 heterocycles. The highest BCUT2D eigenvalue weighted by Crippen LogP contribution is 2.28. The monoisotopic (exact) mass is 426 g/mol. The second-order valence-electron chi connectivity index (χ2n) is 7.02. The summed E-state index contributed by atoms with van der Waals surface area (Å²) in [6, 6.07) is 9.48. The van der Waals surface area contributed by atoms with Crippen molar-refractivity contribution in [3.63, 3.8) is 0 Å². The molecule has 0 bridgehead atoms. The van der Waals surface area contributed by atoms with Crippen LogP contribution in [0.3, 0.4) is 0 Å². The largest absolute Gasteiger partial charge is 0.573 e. The Morgan fingerprint density at radius 1 is 1.07 bits per heavy atom. The fourth-order valence-electron chi connectivity index (χ4n) is 2.85. The third-order valence-corrected chi connectivity index (χ3v) is 4.42. The molecular formula is C22H25F3O5. The van der Waals surface area contributed by atoms with Crippen molar-refractivity contribution < 1.29 is 37.3 Å². The van der Waals surface area contributed by atoms with Gasteiger partial charge in [-0.05, 0) is 74.2 Å². The smallest absolute Gasteiger partial charge is 0.493 e. The molecule has 0 amide bonds. The Bertz CT molecular complexity index is 864. The highest BCUT2D eigenvalue weighted by atomic mass is 19.4. The van der Waals surface area contributed by atoms with Crippen molar-refractivity contribution in [2.75, 3.05) is 6.61 Å². The molecule has 0 aliphatic rings. The Morgan fingerprint density at radius 2 is 1.73 bits per heavy atom. The average molecular weight is 426 g/mol. The molecule has 2 aromatic rings. The van der Waals surface area contributed by atoms with Crippen molar-refractivity contribution in [3.8, 4) is 17.2 Å². The van der Waals surface area contributed by atoms with Crippen molar-refractivity contribution in [3.05, 3.63) is 53.1 Å². The van der Waals surface area contributed by atoms with E-state index in [9.17, 15) is 18.0 Å². The number of aliphatic carboxylic acids is 1. The Morgan fingerprint density at radius 3 is 2.33 bits per heavy atom. The van der Waals surface area contributed by atoms with Crippen molar-refractivity contribution in [2.24, 2.45) is 0 Å². The molecule has 1 N–H and O–H groups in total. The van der Waals surface area contributed by atoms with Gasteiger partial charge in [0, 0.05) is 12.8 Å². The molecule has 164 valence electrons. The molecule has 30 heavy (non-hydrogen) atoms. The fourth-order valence-corrected chi connectivity index (χ4v) is 2.85. The van der Waals surface area contributed by atoms with Gasteiger partial charge in [-0.2, -0.15) is 0 Å². The van der Waals surface area contributed by atoms with Crippen LogP contribution in [0.4, 0.5) is 13.2 Å². The first-order chi connectivity index (χ1) is 14.0. The Balaban J connectivity index is 1.83. The van der Waals surface area contributed by atoms with Crippen molar-refractivity contribution in [2.45, 2.75) is 52.5 Å². The molecule has 0 aliphatic carbocycles. The maximum Gasteiger partial charge on any atom is 0.573 e. The van der Waals surface area contributed by atoms with E-state index in [2.05, 4.69) is 4.74 Å². The second-order valence-corrected chi connectivity index (χ2v) is 7.02. The first kappa shape index (κ1) is 23.4. The van der Waals surface area contributed by atoms with Gasteiger partial charge >= 0.3 is 12.3 Å². The van der Waals surface area contributed by atoms with Gasteiger partial charge in [-0.15, -0.1) is 13.2 Å². The summed E-state index contributed by atoms with van der Waals surface area (Å²) in [5.74, 6) is 0.0474. The third-order valence-electron chi connectivity index (χ3n) is 4.42. The number of hydrogen-bond acceptors (Lipinski definition) is 4. The summed E-state index contributed by atoms with van der Waals surface area (Å²) >= 11 is 0. The van der Waals surface area contributed by atoms with Crippen molar-refractivity contribution >= 4 is 5.97 Å². The van der Waals surface area contributed by atoms with Gasteiger partial charge in [0.25, 0.3) is 0 Å².